The Morgan fingerprint density at radius 3 is 2.57 bits per heavy atom. The zero-order chi connectivity index (χ0) is 10.6. The summed E-state index contributed by atoms with van der Waals surface area (Å²) in [5.41, 5.74) is 5.41. The van der Waals surface area contributed by atoms with Crippen LogP contribution in [0.5, 0.6) is 0 Å². The van der Waals surface area contributed by atoms with Gasteiger partial charge in [-0.2, -0.15) is 5.26 Å². The van der Waals surface area contributed by atoms with Gasteiger partial charge in [-0.05, 0) is 12.8 Å². The largest absolute Gasteiger partial charge is 0.381 e. The average molecular weight is 198 g/mol. The fourth-order valence-corrected chi connectivity index (χ4v) is 1.18. The molecule has 0 aromatic carbocycles. The SMILES string of the molecule is CCCCCCCOCCC(N)C#N. The van der Waals surface area contributed by atoms with Gasteiger partial charge in [0.05, 0.1) is 12.1 Å². The van der Waals surface area contributed by atoms with Crippen LogP contribution in [-0.2, 0) is 4.74 Å². The molecule has 0 spiro atoms. The molecule has 0 aliphatic rings. The molecule has 1 atom stereocenters. The van der Waals surface area contributed by atoms with Crippen molar-refractivity contribution < 1.29 is 4.74 Å². The molecule has 0 aliphatic heterocycles. The quantitative estimate of drug-likeness (QED) is 0.578. The Morgan fingerprint density at radius 2 is 1.93 bits per heavy atom. The Hall–Kier alpha value is -0.590. The zero-order valence-corrected chi connectivity index (χ0v) is 9.17. The summed E-state index contributed by atoms with van der Waals surface area (Å²) in [5, 5.41) is 8.40. The first kappa shape index (κ1) is 13.4. The van der Waals surface area contributed by atoms with Crippen molar-refractivity contribution in [2.45, 2.75) is 51.5 Å². The highest BCUT2D eigenvalue weighted by Crippen LogP contribution is 2.02. The predicted octanol–water partition coefficient (Wildman–Crippen LogP) is 2.21. The highest BCUT2D eigenvalue weighted by Gasteiger charge is 1.98. The molecule has 14 heavy (non-hydrogen) atoms. The molecule has 3 nitrogen and oxygen atoms in total. The summed E-state index contributed by atoms with van der Waals surface area (Å²) in [6, 6.07) is 1.62. The number of nitriles is 1. The Kier molecular flexibility index (Phi) is 10.0. The van der Waals surface area contributed by atoms with Crippen LogP contribution in [0.1, 0.15) is 45.4 Å². The van der Waals surface area contributed by atoms with Crippen molar-refractivity contribution in [1.82, 2.24) is 0 Å². The lowest BCUT2D eigenvalue weighted by Gasteiger charge is -2.04. The van der Waals surface area contributed by atoms with Gasteiger partial charge in [-0.1, -0.05) is 32.6 Å². The third kappa shape index (κ3) is 9.50. The molecule has 82 valence electrons. The van der Waals surface area contributed by atoms with Gasteiger partial charge in [-0.25, -0.2) is 0 Å². The molecule has 0 radical (unpaired) electrons. The maximum absolute atomic E-state index is 8.40. The number of nitrogens with two attached hydrogens (primary N) is 1. The van der Waals surface area contributed by atoms with Gasteiger partial charge in [0, 0.05) is 13.2 Å². The van der Waals surface area contributed by atoms with Gasteiger partial charge in [0.2, 0.25) is 0 Å². The van der Waals surface area contributed by atoms with Crippen molar-refractivity contribution >= 4 is 0 Å². The summed E-state index contributed by atoms with van der Waals surface area (Å²) in [6.45, 7) is 3.63. The van der Waals surface area contributed by atoms with Crippen molar-refractivity contribution in [2.75, 3.05) is 13.2 Å². The molecule has 0 aromatic heterocycles. The summed E-state index contributed by atoms with van der Waals surface area (Å²) in [5.74, 6) is 0. The standard InChI is InChI=1S/C11H22N2O/c1-2-3-4-5-6-8-14-9-7-11(13)10-12/h11H,2-9,13H2,1H3. The molecule has 0 amide bonds. The van der Waals surface area contributed by atoms with Gasteiger partial charge in [0.25, 0.3) is 0 Å². The number of hydrogen-bond donors (Lipinski definition) is 1. The molecule has 0 fully saturated rings. The van der Waals surface area contributed by atoms with Crippen molar-refractivity contribution in [3.8, 4) is 6.07 Å². The van der Waals surface area contributed by atoms with Crippen molar-refractivity contribution in [3.63, 3.8) is 0 Å². The van der Waals surface area contributed by atoms with Crippen LogP contribution in [0.2, 0.25) is 0 Å². The second-order valence-electron chi connectivity index (χ2n) is 3.55. The normalized spacial score (nSPS) is 12.4. The monoisotopic (exact) mass is 198 g/mol. The first-order valence-corrected chi connectivity index (χ1v) is 5.54. The van der Waals surface area contributed by atoms with E-state index in [1.165, 1.54) is 25.7 Å². The lowest BCUT2D eigenvalue weighted by Crippen LogP contribution is -2.19. The van der Waals surface area contributed by atoms with Crippen LogP contribution in [0.3, 0.4) is 0 Å². The predicted molar refractivity (Wildman–Crippen MR) is 57.8 cm³/mol. The summed E-state index contributed by atoms with van der Waals surface area (Å²) < 4.78 is 5.36. The molecule has 0 aliphatic carbocycles. The van der Waals surface area contributed by atoms with Gasteiger partial charge >= 0.3 is 0 Å². The number of hydrogen-bond acceptors (Lipinski definition) is 3. The molecule has 3 heteroatoms. The van der Waals surface area contributed by atoms with Gasteiger partial charge in [0.1, 0.15) is 0 Å². The van der Waals surface area contributed by atoms with E-state index in [-0.39, 0.29) is 6.04 Å². The highest BCUT2D eigenvalue weighted by molar-refractivity contribution is 4.85. The van der Waals surface area contributed by atoms with E-state index in [9.17, 15) is 0 Å². The van der Waals surface area contributed by atoms with E-state index in [4.69, 9.17) is 15.7 Å². The smallest absolute Gasteiger partial charge is 0.0950 e. The molecule has 1 unspecified atom stereocenters. The van der Waals surface area contributed by atoms with Gasteiger partial charge in [0.15, 0.2) is 0 Å². The molecule has 0 aromatic rings. The van der Waals surface area contributed by atoms with Crippen LogP contribution in [0.15, 0.2) is 0 Å². The summed E-state index contributed by atoms with van der Waals surface area (Å²) >= 11 is 0. The van der Waals surface area contributed by atoms with Crippen molar-refractivity contribution in [1.29, 1.82) is 5.26 Å². The van der Waals surface area contributed by atoms with Gasteiger partial charge in [-0.3, -0.25) is 0 Å². The number of rotatable bonds is 9. The second kappa shape index (κ2) is 10.5. The Bertz CT molecular complexity index is 154. The lowest BCUT2D eigenvalue weighted by molar-refractivity contribution is 0.126. The van der Waals surface area contributed by atoms with Gasteiger partial charge < -0.3 is 10.5 Å². The molecule has 0 saturated carbocycles. The van der Waals surface area contributed by atoms with Crippen LogP contribution in [0.4, 0.5) is 0 Å². The van der Waals surface area contributed by atoms with Crippen molar-refractivity contribution in [3.05, 3.63) is 0 Å². The third-order valence-corrected chi connectivity index (χ3v) is 2.13. The highest BCUT2D eigenvalue weighted by atomic mass is 16.5. The van der Waals surface area contributed by atoms with E-state index in [1.807, 2.05) is 6.07 Å². The Morgan fingerprint density at radius 1 is 1.21 bits per heavy atom. The first-order valence-electron chi connectivity index (χ1n) is 5.54. The van der Waals surface area contributed by atoms with Crippen LogP contribution >= 0.6 is 0 Å². The third-order valence-electron chi connectivity index (χ3n) is 2.13. The first-order chi connectivity index (χ1) is 6.81. The maximum atomic E-state index is 8.40. The van der Waals surface area contributed by atoms with Crippen LogP contribution < -0.4 is 5.73 Å². The van der Waals surface area contributed by atoms with Crippen LogP contribution in [0, 0.1) is 11.3 Å². The van der Waals surface area contributed by atoms with Crippen LogP contribution in [0.25, 0.3) is 0 Å². The minimum atomic E-state index is -0.366. The molecule has 0 heterocycles. The second-order valence-corrected chi connectivity index (χ2v) is 3.55. The minimum absolute atomic E-state index is 0.366. The molecular formula is C11H22N2O. The summed E-state index contributed by atoms with van der Waals surface area (Å²) in [6.07, 6.45) is 6.92. The minimum Gasteiger partial charge on any atom is -0.381 e. The van der Waals surface area contributed by atoms with E-state index < -0.39 is 0 Å². The lowest BCUT2D eigenvalue weighted by atomic mass is 10.2. The van der Waals surface area contributed by atoms with E-state index >= 15 is 0 Å². The zero-order valence-electron chi connectivity index (χ0n) is 9.17. The molecule has 0 saturated heterocycles. The topological polar surface area (TPSA) is 59.0 Å². The van der Waals surface area contributed by atoms with E-state index in [1.54, 1.807) is 0 Å². The average Bonchev–Trinajstić information content (AvgIpc) is 2.21. The molecule has 2 N–H and O–H groups in total. The molecule has 0 rings (SSSR count). The Labute approximate surface area is 87.2 Å². The van der Waals surface area contributed by atoms with Crippen LogP contribution in [-0.4, -0.2) is 19.3 Å². The van der Waals surface area contributed by atoms with E-state index in [0.29, 0.717) is 13.0 Å². The number of unbranched alkanes of at least 4 members (excludes halogenated alkanes) is 4. The summed E-state index contributed by atoms with van der Waals surface area (Å²) in [4.78, 5) is 0. The van der Waals surface area contributed by atoms with Crippen molar-refractivity contribution in [2.24, 2.45) is 5.73 Å². The number of ether oxygens (including phenoxy) is 1. The fourth-order valence-electron chi connectivity index (χ4n) is 1.18. The molecular weight excluding hydrogens is 176 g/mol. The summed E-state index contributed by atoms with van der Waals surface area (Å²) in [7, 11) is 0. The maximum Gasteiger partial charge on any atom is 0.0950 e. The fraction of sp³-hybridized carbons (Fsp3) is 0.909. The van der Waals surface area contributed by atoms with Gasteiger partial charge in [-0.15, -0.1) is 0 Å². The molecule has 0 bridgehead atoms. The van der Waals surface area contributed by atoms with E-state index in [2.05, 4.69) is 6.92 Å². The van der Waals surface area contributed by atoms with E-state index in [0.717, 1.165) is 13.0 Å². The number of nitrogens with zero attached hydrogens (tertiary/aromatic N) is 1. The Balaban J connectivity index is 2.96.